The van der Waals surface area contributed by atoms with Gasteiger partial charge >= 0.3 is 0 Å². The molecule has 0 saturated carbocycles. The molecule has 0 bridgehead atoms. The van der Waals surface area contributed by atoms with Gasteiger partial charge in [-0.3, -0.25) is 4.79 Å². The van der Waals surface area contributed by atoms with Crippen LogP contribution < -0.4 is 20.1 Å². The van der Waals surface area contributed by atoms with Crippen molar-refractivity contribution in [2.45, 2.75) is 58.7 Å². The molecule has 7 nitrogen and oxygen atoms in total. The lowest BCUT2D eigenvalue weighted by molar-refractivity contribution is 0.0491. The number of hydrogen-bond acceptors (Lipinski definition) is 6. The number of ether oxygens (including phenoxy) is 3. The van der Waals surface area contributed by atoms with E-state index in [9.17, 15) is 4.79 Å². The summed E-state index contributed by atoms with van der Waals surface area (Å²) in [5.41, 5.74) is 1.86. The lowest BCUT2D eigenvalue weighted by atomic mass is 9.83. The van der Waals surface area contributed by atoms with Crippen LogP contribution in [-0.2, 0) is 11.2 Å². The predicted molar refractivity (Wildman–Crippen MR) is 153 cm³/mol. The van der Waals surface area contributed by atoms with Gasteiger partial charge in [0.15, 0.2) is 11.5 Å². The summed E-state index contributed by atoms with van der Waals surface area (Å²) in [6, 6.07) is 16.5. The average Bonchev–Trinajstić information content (AvgIpc) is 3.38. The number of nitrogens with zero attached hydrogens (tertiary/aromatic N) is 1. The summed E-state index contributed by atoms with van der Waals surface area (Å²) in [6.45, 7) is 12.5. The number of hydrogen-bond donors (Lipinski definition) is 2. The van der Waals surface area contributed by atoms with Crippen LogP contribution in [0.1, 0.15) is 50.0 Å². The van der Waals surface area contributed by atoms with Gasteiger partial charge in [0.1, 0.15) is 0 Å². The van der Waals surface area contributed by atoms with Gasteiger partial charge in [0.2, 0.25) is 0 Å². The maximum atomic E-state index is 14.2. The first-order valence-electron chi connectivity index (χ1n) is 14.0. The average molecular weight is 526 g/mol. The Balaban J connectivity index is 1.93. The third-order valence-electron chi connectivity index (χ3n) is 7.27. The monoisotopic (exact) mass is 525 g/mol. The second-order valence-corrected chi connectivity index (χ2v) is 10.8. The fraction of sp³-hybridized carbons (Fsp3) is 0.581. The lowest BCUT2D eigenvalue weighted by Gasteiger charge is -2.41. The molecule has 1 unspecified atom stereocenters. The molecule has 0 aromatic heterocycles. The Morgan fingerprint density at radius 3 is 2.45 bits per heavy atom. The van der Waals surface area contributed by atoms with E-state index < -0.39 is 0 Å². The smallest absolute Gasteiger partial charge is 0.254 e. The Kier molecular flexibility index (Phi) is 11.9. The van der Waals surface area contributed by atoms with Gasteiger partial charge in [0.05, 0.1) is 13.7 Å². The van der Waals surface area contributed by atoms with E-state index in [4.69, 9.17) is 14.2 Å². The highest BCUT2D eigenvalue weighted by molar-refractivity contribution is 5.95. The Labute approximate surface area is 229 Å². The topological polar surface area (TPSA) is 72.1 Å². The minimum absolute atomic E-state index is 0.0211. The van der Waals surface area contributed by atoms with Gasteiger partial charge in [-0.25, -0.2) is 0 Å². The molecule has 0 spiro atoms. The Bertz CT molecular complexity index is 982. The molecule has 2 aromatic rings. The van der Waals surface area contributed by atoms with Crippen molar-refractivity contribution in [3.05, 3.63) is 59.7 Å². The van der Waals surface area contributed by atoms with E-state index >= 15 is 0 Å². The van der Waals surface area contributed by atoms with Crippen LogP contribution in [0.5, 0.6) is 11.5 Å². The maximum Gasteiger partial charge on any atom is 0.254 e. The quantitative estimate of drug-likeness (QED) is 0.336. The minimum atomic E-state index is 0.0211. The van der Waals surface area contributed by atoms with Crippen LogP contribution in [-0.4, -0.2) is 76.0 Å². The molecule has 1 fully saturated rings. The molecule has 3 atom stereocenters. The Hall–Kier alpha value is -2.61. The molecule has 1 aliphatic heterocycles. The molecule has 7 heteroatoms. The second kappa shape index (κ2) is 15.1. The van der Waals surface area contributed by atoms with E-state index in [1.54, 1.807) is 14.2 Å². The number of amides is 1. The van der Waals surface area contributed by atoms with Crippen LogP contribution >= 0.6 is 0 Å². The van der Waals surface area contributed by atoms with Crippen molar-refractivity contribution in [2.24, 2.45) is 11.8 Å². The first-order valence-corrected chi connectivity index (χ1v) is 14.0. The van der Waals surface area contributed by atoms with E-state index in [0.29, 0.717) is 48.2 Å². The summed E-state index contributed by atoms with van der Waals surface area (Å²) in [4.78, 5) is 16.3. The van der Waals surface area contributed by atoms with Gasteiger partial charge in [-0.05, 0) is 69.0 Å². The van der Waals surface area contributed by atoms with E-state index in [1.807, 2.05) is 24.3 Å². The van der Waals surface area contributed by atoms with Crippen molar-refractivity contribution in [1.82, 2.24) is 15.5 Å². The number of carbonyl (C=O) groups excluding carboxylic acids is 1. The van der Waals surface area contributed by atoms with Gasteiger partial charge in [-0.2, -0.15) is 0 Å². The van der Waals surface area contributed by atoms with Crippen molar-refractivity contribution in [3.63, 3.8) is 0 Å². The fourth-order valence-corrected chi connectivity index (χ4v) is 5.35. The zero-order valence-corrected chi connectivity index (χ0v) is 24.0. The van der Waals surface area contributed by atoms with Gasteiger partial charge in [-0.15, -0.1) is 0 Å². The van der Waals surface area contributed by atoms with Crippen molar-refractivity contribution >= 4 is 5.91 Å². The van der Waals surface area contributed by atoms with E-state index in [0.717, 1.165) is 32.5 Å². The van der Waals surface area contributed by atoms with Crippen molar-refractivity contribution in [3.8, 4) is 11.5 Å². The molecule has 1 saturated heterocycles. The van der Waals surface area contributed by atoms with E-state index in [1.165, 1.54) is 5.56 Å². The third kappa shape index (κ3) is 8.19. The molecule has 1 amide bonds. The van der Waals surface area contributed by atoms with Crippen LogP contribution in [0.3, 0.4) is 0 Å². The van der Waals surface area contributed by atoms with E-state index in [2.05, 4.69) is 67.5 Å². The summed E-state index contributed by atoms with van der Waals surface area (Å²) >= 11 is 0. The number of nitrogens with one attached hydrogen (secondary N) is 2. The summed E-state index contributed by atoms with van der Waals surface area (Å²) in [6.07, 6.45) is 1.57. The number of carbonyl (C=O) groups is 1. The molecule has 0 radical (unpaired) electrons. The van der Waals surface area contributed by atoms with Gasteiger partial charge in [-0.1, -0.05) is 44.2 Å². The SMILES string of the molecule is COCCCOc1cc(C(=O)N(C(C)C)C(Cc2ccccc2)[C@H]2CNC[C@@H]2CNC(C)C)ccc1OC. The number of benzene rings is 2. The Morgan fingerprint density at radius 1 is 1.03 bits per heavy atom. The standard InChI is InChI=1S/C31H47N3O4/c1-22(2)33-20-26-19-32-21-27(26)28(17-24-11-8-7-9-12-24)34(23(3)4)31(35)25-13-14-29(37-6)30(18-25)38-16-10-15-36-5/h7-9,11-14,18,22-23,26-28,32-33H,10,15-17,19-21H2,1-6H3/t26-,27+,28?/m1/s1. The van der Waals surface area contributed by atoms with Crippen LogP contribution in [0.4, 0.5) is 0 Å². The van der Waals surface area contributed by atoms with E-state index in [-0.39, 0.29) is 18.0 Å². The number of methoxy groups -OCH3 is 2. The molecule has 2 aromatic carbocycles. The normalized spacial score (nSPS) is 18.1. The van der Waals surface area contributed by atoms with Crippen LogP contribution in [0.25, 0.3) is 0 Å². The zero-order valence-electron chi connectivity index (χ0n) is 24.0. The number of rotatable bonds is 15. The zero-order chi connectivity index (χ0) is 27.5. The molecule has 1 aliphatic rings. The lowest BCUT2D eigenvalue weighted by Crippen LogP contribution is -2.52. The van der Waals surface area contributed by atoms with Gasteiger partial charge in [0.25, 0.3) is 5.91 Å². The summed E-state index contributed by atoms with van der Waals surface area (Å²) in [5, 5.41) is 7.25. The van der Waals surface area contributed by atoms with Crippen LogP contribution in [0.2, 0.25) is 0 Å². The highest BCUT2D eigenvalue weighted by Crippen LogP contribution is 2.32. The Morgan fingerprint density at radius 2 is 1.79 bits per heavy atom. The maximum absolute atomic E-state index is 14.2. The molecule has 3 rings (SSSR count). The summed E-state index contributed by atoms with van der Waals surface area (Å²) < 4.78 is 16.6. The van der Waals surface area contributed by atoms with Crippen molar-refractivity contribution in [2.75, 3.05) is 47.1 Å². The van der Waals surface area contributed by atoms with Crippen molar-refractivity contribution in [1.29, 1.82) is 0 Å². The second-order valence-electron chi connectivity index (χ2n) is 10.8. The highest BCUT2D eigenvalue weighted by Gasteiger charge is 2.39. The molecule has 0 aliphatic carbocycles. The molecule has 38 heavy (non-hydrogen) atoms. The van der Waals surface area contributed by atoms with Crippen LogP contribution in [0.15, 0.2) is 48.5 Å². The molecule has 210 valence electrons. The molecular formula is C31H47N3O4. The predicted octanol–water partition coefficient (Wildman–Crippen LogP) is 4.41. The summed E-state index contributed by atoms with van der Waals surface area (Å²) in [7, 11) is 3.29. The molecule has 2 N–H and O–H groups in total. The fourth-order valence-electron chi connectivity index (χ4n) is 5.35. The molecule has 1 heterocycles. The summed E-state index contributed by atoms with van der Waals surface area (Å²) in [5.74, 6) is 1.99. The highest BCUT2D eigenvalue weighted by atomic mass is 16.5. The first kappa shape index (κ1) is 29.9. The van der Waals surface area contributed by atoms with Crippen LogP contribution in [0, 0.1) is 11.8 Å². The largest absolute Gasteiger partial charge is 0.493 e. The minimum Gasteiger partial charge on any atom is -0.493 e. The van der Waals surface area contributed by atoms with Gasteiger partial charge < -0.3 is 29.7 Å². The third-order valence-corrected chi connectivity index (χ3v) is 7.27. The molecular weight excluding hydrogens is 478 g/mol. The van der Waals surface area contributed by atoms with Gasteiger partial charge in [0, 0.05) is 50.4 Å². The van der Waals surface area contributed by atoms with Crippen molar-refractivity contribution < 1.29 is 19.0 Å². The first-order chi connectivity index (χ1) is 18.3.